The molecule has 124 valence electrons. The monoisotopic (exact) mass is 346 g/mol. The van der Waals surface area contributed by atoms with Gasteiger partial charge in [0.1, 0.15) is 11.2 Å². The van der Waals surface area contributed by atoms with Crippen LogP contribution in [-0.2, 0) is 9.59 Å². The summed E-state index contributed by atoms with van der Waals surface area (Å²) < 4.78 is 13.2. The lowest BCUT2D eigenvalue weighted by atomic mass is 10.0. The normalized spacial score (nSPS) is 14.8. The minimum Gasteiger partial charge on any atom is -0.325 e. The van der Waals surface area contributed by atoms with Crippen LogP contribution in [-0.4, -0.2) is 11.8 Å². The van der Waals surface area contributed by atoms with Crippen LogP contribution >= 0.6 is 11.6 Å². The third-order valence-corrected chi connectivity index (χ3v) is 4.48. The topological polar surface area (TPSA) is 58.2 Å². The van der Waals surface area contributed by atoms with Crippen molar-refractivity contribution >= 4 is 34.8 Å². The Balaban J connectivity index is 1.73. The highest BCUT2D eigenvalue weighted by Gasteiger charge is 2.56. The maximum atomic E-state index is 13.2. The molecule has 4 nitrogen and oxygen atoms in total. The third kappa shape index (κ3) is 3.12. The molecular formula is C18H16ClFN2O2. The SMILES string of the molecule is Cc1ccccc1NC(=O)C1(C(=O)Nc2ccc(F)c(Cl)c2)CC1. The van der Waals surface area contributed by atoms with Gasteiger partial charge in [-0.15, -0.1) is 0 Å². The molecule has 2 aromatic carbocycles. The fourth-order valence-electron chi connectivity index (χ4n) is 2.46. The Kier molecular flexibility index (Phi) is 4.28. The molecule has 24 heavy (non-hydrogen) atoms. The van der Waals surface area contributed by atoms with E-state index < -0.39 is 17.1 Å². The minimum atomic E-state index is -1.08. The van der Waals surface area contributed by atoms with E-state index in [0.29, 0.717) is 24.2 Å². The summed E-state index contributed by atoms with van der Waals surface area (Å²) in [4.78, 5) is 25.0. The Bertz CT molecular complexity index is 818. The van der Waals surface area contributed by atoms with Crippen LogP contribution in [0, 0.1) is 18.2 Å². The van der Waals surface area contributed by atoms with Gasteiger partial charge in [0.05, 0.1) is 5.02 Å². The largest absolute Gasteiger partial charge is 0.325 e. The van der Waals surface area contributed by atoms with Crippen molar-refractivity contribution in [3.8, 4) is 0 Å². The van der Waals surface area contributed by atoms with Crippen molar-refractivity contribution in [1.82, 2.24) is 0 Å². The number of rotatable bonds is 4. The maximum Gasteiger partial charge on any atom is 0.240 e. The van der Waals surface area contributed by atoms with E-state index in [-0.39, 0.29) is 10.9 Å². The average molecular weight is 347 g/mol. The summed E-state index contributed by atoms with van der Waals surface area (Å²) in [5.41, 5.74) is 0.892. The lowest BCUT2D eigenvalue weighted by Crippen LogP contribution is -2.35. The van der Waals surface area contributed by atoms with Gasteiger partial charge in [-0.25, -0.2) is 4.39 Å². The van der Waals surface area contributed by atoms with Crippen LogP contribution in [0.2, 0.25) is 5.02 Å². The molecule has 0 radical (unpaired) electrons. The number of nitrogens with one attached hydrogen (secondary N) is 2. The molecule has 0 atom stereocenters. The van der Waals surface area contributed by atoms with Crippen LogP contribution in [0.1, 0.15) is 18.4 Å². The van der Waals surface area contributed by atoms with E-state index in [1.807, 2.05) is 25.1 Å². The molecule has 3 rings (SSSR count). The van der Waals surface area contributed by atoms with E-state index in [0.717, 1.165) is 5.56 Å². The summed E-state index contributed by atoms with van der Waals surface area (Å²) in [7, 11) is 0. The van der Waals surface area contributed by atoms with Crippen molar-refractivity contribution in [3.63, 3.8) is 0 Å². The molecule has 6 heteroatoms. The Morgan fingerprint density at radius 2 is 1.75 bits per heavy atom. The maximum absolute atomic E-state index is 13.2. The molecule has 0 aromatic heterocycles. The van der Waals surface area contributed by atoms with Gasteiger partial charge in [-0.05, 0) is 49.6 Å². The van der Waals surface area contributed by atoms with Gasteiger partial charge in [0, 0.05) is 11.4 Å². The van der Waals surface area contributed by atoms with Crippen molar-refractivity contribution in [2.24, 2.45) is 5.41 Å². The van der Waals surface area contributed by atoms with Gasteiger partial charge in [-0.3, -0.25) is 9.59 Å². The molecule has 0 heterocycles. The third-order valence-electron chi connectivity index (χ3n) is 4.19. The number of aryl methyl sites for hydroxylation is 1. The van der Waals surface area contributed by atoms with Crippen LogP contribution < -0.4 is 10.6 Å². The quantitative estimate of drug-likeness (QED) is 0.817. The fraction of sp³-hybridized carbons (Fsp3) is 0.222. The highest BCUT2D eigenvalue weighted by molar-refractivity contribution is 6.31. The number of hydrogen-bond donors (Lipinski definition) is 2. The second kappa shape index (κ2) is 6.24. The number of carbonyl (C=O) groups excluding carboxylic acids is 2. The molecule has 0 bridgehead atoms. The van der Waals surface area contributed by atoms with Crippen molar-refractivity contribution in [1.29, 1.82) is 0 Å². The molecule has 1 saturated carbocycles. The molecule has 2 amide bonds. The first kappa shape index (κ1) is 16.5. The van der Waals surface area contributed by atoms with Crippen LogP contribution in [0.15, 0.2) is 42.5 Å². The predicted molar refractivity (Wildman–Crippen MR) is 91.5 cm³/mol. The molecule has 0 unspecified atom stereocenters. The van der Waals surface area contributed by atoms with Gasteiger partial charge in [0.2, 0.25) is 11.8 Å². The number of halogens is 2. The van der Waals surface area contributed by atoms with Gasteiger partial charge < -0.3 is 10.6 Å². The first-order chi connectivity index (χ1) is 11.4. The molecule has 0 saturated heterocycles. The van der Waals surface area contributed by atoms with Gasteiger partial charge in [0.25, 0.3) is 0 Å². The molecule has 2 N–H and O–H groups in total. The molecule has 1 fully saturated rings. The Labute approximate surface area is 144 Å². The Morgan fingerprint density at radius 1 is 1.08 bits per heavy atom. The summed E-state index contributed by atoms with van der Waals surface area (Å²) in [6.07, 6.45) is 0.955. The number of hydrogen-bond acceptors (Lipinski definition) is 2. The molecular weight excluding hydrogens is 331 g/mol. The average Bonchev–Trinajstić information content (AvgIpc) is 3.35. The van der Waals surface area contributed by atoms with Gasteiger partial charge in [-0.1, -0.05) is 29.8 Å². The molecule has 0 spiro atoms. The van der Waals surface area contributed by atoms with E-state index in [2.05, 4.69) is 10.6 Å². The Morgan fingerprint density at radius 3 is 2.38 bits per heavy atom. The van der Waals surface area contributed by atoms with Gasteiger partial charge in [0.15, 0.2) is 0 Å². The summed E-state index contributed by atoms with van der Waals surface area (Å²) >= 11 is 5.71. The van der Waals surface area contributed by atoms with E-state index in [9.17, 15) is 14.0 Å². The molecule has 2 aromatic rings. The standard InChI is InChI=1S/C18H16ClFN2O2/c1-11-4-2-3-5-15(11)22-17(24)18(8-9-18)16(23)21-12-6-7-14(20)13(19)10-12/h2-7,10H,8-9H2,1H3,(H,21,23)(H,22,24). The summed E-state index contributed by atoms with van der Waals surface area (Å²) in [5, 5.41) is 5.38. The zero-order valence-corrected chi connectivity index (χ0v) is 13.8. The number of carbonyl (C=O) groups is 2. The summed E-state index contributed by atoms with van der Waals surface area (Å²) in [6, 6.07) is 11.3. The zero-order valence-electron chi connectivity index (χ0n) is 13.0. The minimum absolute atomic E-state index is 0.0815. The summed E-state index contributed by atoms with van der Waals surface area (Å²) in [6.45, 7) is 1.88. The number of amides is 2. The van der Waals surface area contributed by atoms with Crippen molar-refractivity contribution in [3.05, 3.63) is 58.9 Å². The van der Waals surface area contributed by atoms with E-state index >= 15 is 0 Å². The molecule has 0 aliphatic heterocycles. The van der Waals surface area contributed by atoms with Crippen LogP contribution in [0.5, 0.6) is 0 Å². The van der Waals surface area contributed by atoms with E-state index in [1.165, 1.54) is 18.2 Å². The van der Waals surface area contributed by atoms with Crippen molar-refractivity contribution in [2.75, 3.05) is 10.6 Å². The van der Waals surface area contributed by atoms with Gasteiger partial charge in [-0.2, -0.15) is 0 Å². The lowest BCUT2D eigenvalue weighted by molar-refractivity contribution is -0.131. The number of benzene rings is 2. The lowest BCUT2D eigenvalue weighted by Gasteiger charge is -2.16. The summed E-state index contributed by atoms with van der Waals surface area (Å²) in [5.74, 6) is -1.30. The van der Waals surface area contributed by atoms with Crippen molar-refractivity contribution < 1.29 is 14.0 Å². The second-order valence-electron chi connectivity index (χ2n) is 5.93. The molecule has 1 aliphatic rings. The first-order valence-corrected chi connectivity index (χ1v) is 7.94. The second-order valence-corrected chi connectivity index (χ2v) is 6.34. The first-order valence-electron chi connectivity index (χ1n) is 7.56. The van der Waals surface area contributed by atoms with Crippen molar-refractivity contribution in [2.45, 2.75) is 19.8 Å². The van der Waals surface area contributed by atoms with Gasteiger partial charge >= 0.3 is 0 Å². The highest BCUT2D eigenvalue weighted by atomic mass is 35.5. The van der Waals surface area contributed by atoms with Crippen LogP contribution in [0.25, 0.3) is 0 Å². The fourth-order valence-corrected chi connectivity index (χ4v) is 2.64. The van der Waals surface area contributed by atoms with E-state index in [4.69, 9.17) is 11.6 Å². The zero-order chi connectivity index (χ0) is 17.3. The Hall–Kier alpha value is -2.40. The highest BCUT2D eigenvalue weighted by Crippen LogP contribution is 2.47. The number of anilines is 2. The smallest absolute Gasteiger partial charge is 0.240 e. The van der Waals surface area contributed by atoms with Crippen LogP contribution in [0.4, 0.5) is 15.8 Å². The number of para-hydroxylation sites is 1. The van der Waals surface area contributed by atoms with E-state index in [1.54, 1.807) is 6.07 Å². The van der Waals surface area contributed by atoms with Crippen LogP contribution in [0.3, 0.4) is 0 Å². The predicted octanol–water partition coefficient (Wildman–Crippen LogP) is 4.14. The molecule has 1 aliphatic carbocycles.